The first kappa shape index (κ1) is 15.5. The molecule has 5 nitrogen and oxygen atoms in total. The first-order valence-corrected chi connectivity index (χ1v) is 7.22. The van der Waals surface area contributed by atoms with Crippen LogP contribution in [0.15, 0.2) is 24.3 Å². The number of carbonyl (C=O) groups is 2. The molecule has 1 aromatic rings. The summed E-state index contributed by atoms with van der Waals surface area (Å²) in [5, 5.41) is 3.09. The topological polar surface area (TPSA) is 75.4 Å². The molecule has 1 aliphatic heterocycles. The van der Waals surface area contributed by atoms with Crippen molar-refractivity contribution >= 4 is 11.8 Å². The molecule has 0 aliphatic carbocycles. The Balaban J connectivity index is 2.20. The van der Waals surface area contributed by atoms with Crippen LogP contribution in [-0.2, 0) is 10.2 Å². The fourth-order valence-electron chi connectivity index (χ4n) is 2.48. The van der Waals surface area contributed by atoms with Crippen LogP contribution < -0.4 is 11.1 Å². The Bertz CT molecular complexity index is 531. The molecule has 114 valence electrons. The zero-order valence-electron chi connectivity index (χ0n) is 12.8. The van der Waals surface area contributed by atoms with Crippen LogP contribution in [0.2, 0.25) is 0 Å². The minimum Gasteiger partial charge on any atom is -0.368 e. The van der Waals surface area contributed by atoms with Gasteiger partial charge in [-0.3, -0.25) is 9.59 Å². The van der Waals surface area contributed by atoms with Crippen LogP contribution in [0.25, 0.3) is 0 Å². The summed E-state index contributed by atoms with van der Waals surface area (Å²) in [5.74, 6) is -0.609. The molecule has 3 N–H and O–H groups in total. The average Bonchev–Trinajstić information content (AvgIpc) is 2.45. The number of hydrogen-bond donors (Lipinski definition) is 2. The molecule has 2 rings (SSSR count). The highest BCUT2D eigenvalue weighted by Crippen LogP contribution is 2.22. The highest BCUT2D eigenvalue weighted by molar-refractivity contribution is 5.97. The monoisotopic (exact) mass is 289 g/mol. The first-order chi connectivity index (χ1) is 9.80. The highest BCUT2D eigenvalue weighted by Gasteiger charge is 2.31. The van der Waals surface area contributed by atoms with Crippen molar-refractivity contribution < 1.29 is 9.59 Å². The van der Waals surface area contributed by atoms with Gasteiger partial charge in [-0.2, -0.15) is 0 Å². The van der Waals surface area contributed by atoms with E-state index in [1.54, 1.807) is 4.90 Å². The molecule has 1 aliphatic rings. The number of carbonyl (C=O) groups excluding carboxylic acids is 2. The number of nitrogens with two attached hydrogens (primary N) is 1. The largest absolute Gasteiger partial charge is 0.368 e. The minimum absolute atomic E-state index is 0.0480. The molecule has 1 heterocycles. The fraction of sp³-hybridized carbons (Fsp3) is 0.500. The Hall–Kier alpha value is -1.88. The summed E-state index contributed by atoms with van der Waals surface area (Å²) < 4.78 is 0. The van der Waals surface area contributed by atoms with Crippen molar-refractivity contribution in [1.29, 1.82) is 0 Å². The van der Waals surface area contributed by atoms with E-state index in [2.05, 4.69) is 26.1 Å². The standard InChI is InChI=1S/C16H23N3O2/c1-16(2,3)12-6-4-11(5-7-12)15(21)19-9-8-18-10-13(19)14(17)20/h4-7,13,18H,8-10H2,1-3H3,(H2,17,20). The van der Waals surface area contributed by atoms with Crippen molar-refractivity contribution in [3.63, 3.8) is 0 Å². The molecule has 0 radical (unpaired) electrons. The Kier molecular flexibility index (Phi) is 4.32. The van der Waals surface area contributed by atoms with Gasteiger partial charge in [-0.25, -0.2) is 0 Å². The predicted octanol–water partition coefficient (Wildman–Crippen LogP) is 0.883. The summed E-state index contributed by atoms with van der Waals surface area (Å²) in [7, 11) is 0. The van der Waals surface area contributed by atoms with E-state index in [-0.39, 0.29) is 11.3 Å². The van der Waals surface area contributed by atoms with Crippen LogP contribution in [0.1, 0.15) is 36.7 Å². The first-order valence-electron chi connectivity index (χ1n) is 7.22. The van der Waals surface area contributed by atoms with Gasteiger partial charge >= 0.3 is 0 Å². The van der Waals surface area contributed by atoms with Crippen molar-refractivity contribution in [2.75, 3.05) is 19.6 Å². The van der Waals surface area contributed by atoms with E-state index in [0.717, 1.165) is 0 Å². The number of hydrogen-bond acceptors (Lipinski definition) is 3. The number of rotatable bonds is 2. The molecule has 0 aromatic heterocycles. The van der Waals surface area contributed by atoms with Crippen molar-refractivity contribution in [2.24, 2.45) is 5.73 Å². The molecule has 0 saturated carbocycles. The van der Waals surface area contributed by atoms with Gasteiger partial charge in [0, 0.05) is 25.2 Å². The lowest BCUT2D eigenvalue weighted by molar-refractivity contribution is -0.122. The van der Waals surface area contributed by atoms with E-state index >= 15 is 0 Å². The molecule has 21 heavy (non-hydrogen) atoms. The molecule has 1 fully saturated rings. The third-order valence-corrected chi connectivity index (χ3v) is 3.83. The van der Waals surface area contributed by atoms with E-state index in [1.807, 2.05) is 24.3 Å². The Labute approximate surface area is 125 Å². The molecule has 1 unspecified atom stereocenters. The summed E-state index contributed by atoms with van der Waals surface area (Å²) >= 11 is 0. The van der Waals surface area contributed by atoms with E-state index in [9.17, 15) is 9.59 Å². The second-order valence-electron chi connectivity index (χ2n) is 6.45. The van der Waals surface area contributed by atoms with Gasteiger partial charge < -0.3 is 16.0 Å². The van der Waals surface area contributed by atoms with Crippen LogP contribution in [0.3, 0.4) is 0 Å². The molecular weight excluding hydrogens is 266 g/mol. The van der Waals surface area contributed by atoms with E-state index in [4.69, 9.17) is 5.73 Å². The number of nitrogens with one attached hydrogen (secondary N) is 1. The Morgan fingerprint density at radius 2 is 1.86 bits per heavy atom. The molecule has 5 heteroatoms. The maximum Gasteiger partial charge on any atom is 0.254 e. The van der Waals surface area contributed by atoms with Gasteiger partial charge in [-0.15, -0.1) is 0 Å². The van der Waals surface area contributed by atoms with Crippen molar-refractivity contribution in [3.05, 3.63) is 35.4 Å². The lowest BCUT2D eigenvalue weighted by atomic mass is 9.86. The molecule has 1 aromatic carbocycles. The molecule has 0 spiro atoms. The lowest BCUT2D eigenvalue weighted by Gasteiger charge is -2.34. The van der Waals surface area contributed by atoms with Crippen LogP contribution >= 0.6 is 0 Å². The van der Waals surface area contributed by atoms with E-state index in [1.165, 1.54) is 5.56 Å². The number of piperazine rings is 1. The van der Waals surface area contributed by atoms with Gasteiger partial charge in [-0.1, -0.05) is 32.9 Å². The Morgan fingerprint density at radius 1 is 1.24 bits per heavy atom. The zero-order chi connectivity index (χ0) is 15.6. The molecule has 1 saturated heterocycles. The number of primary amides is 1. The third kappa shape index (κ3) is 3.42. The molecule has 1 atom stereocenters. The summed E-state index contributed by atoms with van der Waals surface area (Å²) in [6, 6.07) is 7.00. The number of amides is 2. The summed E-state index contributed by atoms with van der Waals surface area (Å²) in [6.07, 6.45) is 0. The van der Waals surface area contributed by atoms with Crippen LogP contribution in [0, 0.1) is 0 Å². The normalized spacial score (nSPS) is 19.4. The Morgan fingerprint density at radius 3 is 2.38 bits per heavy atom. The maximum absolute atomic E-state index is 12.6. The maximum atomic E-state index is 12.6. The zero-order valence-corrected chi connectivity index (χ0v) is 12.8. The predicted molar refractivity (Wildman–Crippen MR) is 82.0 cm³/mol. The van der Waals surface area contributed by atoms with Gasteiger partial charge in [0.25, 0.3) is 5.91 Å². The molecular formula is C16H23N3O2. The fourth-order valence-corrected chi connectivity index (χ4v) is 2.48. The minimum atomic E-state index is -0.575. The van der Waals surface area contributed by atoms with Gasteiger partial charge in [0.15, 0.2) is 0 Å². The average molecular weight is 289 g/mol. The lowest BCUT2D eigenvalue weighted by Crippen LogP contribution is -2.58. The van der Waals surface area contributed by atoms with E-state index in [0.29, 0.717) is 25.2 Å². The van der Waals surface area contributed by atoms with E-state index < -0.39 is 11.9 Å². The van der Waals surface area contributed by atoms with Crippen molar-refractivity contribution in [3.8, 4) is 0 Å². The number of benzene rings is 1. The summed E-state index contributed by atoms with van der Waals surface area (Å²) in [5.41, 5.74) is 7.20. The van der Waals surface area contributed by atoms with Gasteiger partial charge in [0.1, 0.15) is 6.04 Å². The van der Waals surface area contributed by atoms with Gasteiger partial charge in [0.05, 0.1) is 0 Å². The van der Waals surface area contributed by atoms with Crippen molar-refractivity contribution in [2.45, 2.75) is 32.2 Å². The molecule has 0 bridgehead atoms. The van der Waals surface area contributed by atoms with Crippen LogP contribution in [-0.4, -0.2) is 42.4 Å². The quantitative estimate of drug-likeness (QED) is 0.849. The smallest absolute Gasteiger partial charge is 0.254 e. The second kappa shape index (κ2) is 5.85. The van der Waals surface area contributed by atoms with Crippen LogP contribution in [0.4, 0.5) is 0 Å². The van der Waals surface area contributed by atoms with Gasteiger partial charge in [0.2, 0.25) is 5.91 Å². The highest BCUT2D eigenvalue weighted by atomic mass is 16.2. The second-order valence-corrected chi connectivity index (χ2v) is 6.45. The summed E-state index contributed by atoms with van der Waals surface area (Å²) in [4.78, 5) is 25.6. The molecule has 2 amide bonds. The van der Waals surface area contributed by atoms with Gasteiger partial charge in [-0.05, 0) is 23.1 Å². The number of nitrogens with zero attached hydrogens (tertiary/aromatic N) is 1. The third-order valence-electron chi connectivity index (χ3n) is 3.83. The van der Waals surface area contributed by atoms with Crippen LogP contribution in [0.5, 0.6) is 0 Å². The SMILES string of the molecule is CC(C)(C)c1ccc(C(=O)N2CCNCC2C(N)=O)cc1. The van der Waals surface area contributed by atoms with Crippen molar-refractivity contribution in [1.82, 2.24) is 10.2 Å². The summed E-state index contributed by atoms with van der Waals surface area (Å²) in [6.45, 7) is 7.97.